The topological polar surface area (TPSA) is 46.5 Å². The minimum atomic E-state index is -0.104. The van der Waals surface area contributed by atoms with Gasteiger partial charge in [0, 0.05) is 0 Å². The molecule has 0 spiro atoms. The van der Waals surface area contributed by atoms with E-state index >= 15 is 0 Å². The van der Waals surface area contributed by atoms with E-state index in [-0.39, 0.29) is 38.9 Å². The van der Waals surface area contributed by atoms with Crippen LogP contribution in [0.15, 0.2) is 36.4 Å². The smallest absolute Gasteiger partial charge is 1.00 e. The molecule has 1 saturated carbocycles. The molecule has 2 atom stereocenters. The number of rotatable bonds is 2. The average Bonchev–Trinajstić information content (AvgIpc) is 3.07. The largest absolute Gasteiger partial charge is 1.00 e. The zero-order valence-electron chi connectivity index (χ0n) is 21.2. The summed E-state index contributed by atoms with van der Waals surface area (Å²) >= 11 is 0.0635. The number of para-hydroxylation sites is 2. The third-order valence-electron chi connectivity index (χ3n) is 6.82. The first-order valence-electron chi connectivity index (χ1n) is 12.1. The van der Waals surface area contributed by atoms with Gasteiger partial charge in [0.05, 0.1) is 0 Å². The summed E-state index contributed by atoms with van der Waals surface area (Å²) in [7, 11) is 0. The zero-order chi connectivity index (χ0) is 24.0. The Hall–Kier alpha value is -1.80. The van der Waals surface area contributed by atoms with E-state index in [0.29, 0.717) is 23.6 Å². The molecule has 0 amide bonds. The van der Waals surface area contributed by atoms with Gasteiger partial charge in [0.2, 0.25) is 0 Å². The van der Waals surface area contributed by atoms with Crippen molar-refractivity contribution in [2.45, 2.75) is 90.1 Å². The molecule has 6 heteroatoms. The maximum atomic E-state index is 11.0. The number of phenols is 2. The summed E-state index contributed by atoms with van der Waals surface area (Å²) in [6.07, 6.45) is 9.17. The first-order chi connectivity index (χ1) is 15.5. The van der Waals surface area contributed by atoms with E-state index in [9.17, 15) is 10.2 Å². The van der Waals surface area contributed by atoms with Crippen molar-refractivity contribution in [3.63, 3.8) is 0 Å². The van der Waals surface area contributed by atoms with Gasteiger partial charge in [-0.05, 0) is 0 Å². The molecule has 1 aliphatic heterocycles. The molecule has 34 heavy (non-hydrogen) atoms. The van der Waals surface area contributed by atoms with Crippen LogP contribution in [0.4, 0.5) is 0 Å². The molecule has 2 N–H and O–H groups in total. The molecule has 1 heterocycles. The Balaban J connectivity index is 0.00000324. The Labute approximate surface area is 217 Å². The monoisotopic (exact) mass is 521 g/mol. The van der Waals surface area contributed by atoms with Gasteiger partial charge in [-0.2, -0.15) is 0 Å². The van der Waals surface area contributed by atoms with Crippen LogP contribution in [0.1, 0.15) is 89.5 Å². The molecule has 2 aromatic carbocycles. The van der Waals surface area contributed by atoms with E-state index in [1.54, 1.807) is 0 Å². The molecule has 0 aromatic heterocycles. The quantitative estimate of drug-likeness (QED) is 0.638. The maximum Gasteiger partial charge on any atom is -1.00 e. The summed E-state index contributed by atoms with van der Waals surface area (Å²) in [6.45, 7) is 12.8. The molecule has 1 saturated heterocycles. The van der Waals surface area contributed by atoms with Crippen LogP contribution in [-0.2, 0) is 26.5 Å². The van der Waals surface area contributed by atoms with Crippen molar-refractivity contribution >= 4 is 12.4 Å². The van der Waals surface area contributed by atoms with E-state index < -0.39 is 0 Å². The summed E-state index contributed by atoms with van der Waals surface area (Å²) in [5.41, 5.74) is 3.55. The van der Waals surface area contributed by atoms with Crippen LogP contribution >= 0.6 is 0 Å². The third-order valence-corrected chi connectivity index (χ3v) is 8.58. The number of fused-ring (bicyclic) bond motifs is 1. The molecule has 4 nitrogen and oxygen atoms in total. The van der Waals surface area contributed by atoms with Gasteiger partial charge in [-0.3, -0.25) is 0 Å². The van der Waals surface area contributed by atoms with Crippen molar-refractivity contribution in [3.05, 3.63) is 58.7 Å². The van der Waals surface area contributed by atoms with Gasteiger partial charge in [-0.1, -0.05) is 0 Å². The van der Waals surface area contributed by atoms with Gasteiger partial charge >= 0.3 is 206 Å². The number of hydrogen-bond donors (Lipinski definition) is 2. The van der Waals surface area contributed by atoms with Crippen molar-refractivity contribution in [2.75, 3.05) is 0 Å². The predicted molar refractivity (Wildman–Crippen MR) is 131 cm³/mol. The van der Waals surface area contributed by atoms with Crippen LogP contribution in [0.25, 0.3) is 0 Å². The fraction of sp³-hybridized carbons (Fsp3) is 0.500. The molecule has 184 valence electrons. The van der Waals surface area contributed by atoms with Crippen molar-refractivity contribution in [1.82, 2.24) is 0 Å². The molecule has 1 aliphatic carbocycles. The summed E-state index contributed by atoms with van der Waals surface area (Å²) in [4.78, 5) is 0. The Kier molecular flexibility index (Phi) is 7.93. The van der Waals surface area contributed by atoms with E-state index in [2.05, 4.69) is 61.1 Å². The normalized spacial score (nSPS) is 23.1. The minimum Gasteiger partial charge on any atom is -1.00 e. The molecule has 2 aromatic rings. The van der Waals surface area contributed by atoms with Crippen LogP contribution in [0.5, 0.6) is 11.5 Å². The fourth-order valence-electron chi connectivity index (χ4n) is 4.97. The van der Waals surface area contributed by atoms with Crippen molar-refractivity contribution < 1.29 is 45.4 Å². The van der Waals surface area contributed by atoms with Crippen LogP contribution in [0, 0.1) is 0 Å². The standard InChI is InChI=1S/C28H38N2O2.ClH.Cr/c1-27(2,3)21-13-9-11-19(25(21)31)17-29-23-15-7-8-16-24(23)30-18-20-12-10-14-22(26(20)32)28(4,5)6;;/h9-14,17-18,23-24,31-32H,7-8,15-16H2,1-6H3;1H;/q;;+2/p-1/t23-,24-;;/m1../s1. The SMILES string of the molecule is CC(C)(C)c1cccc(C=[N+]2[Cr][N+](=Cc3cccc(C(C)(C)C)c3O)[C@@H]3CCCC[C@H]32)c1O.[Cl-]. The van der Waals surface area contributed by atoms with E-state index in [4.69, 9.17) is 0 Å². The van der Waals surface area contributed by atoms with Gasteiger partial charge in [-0.15, -0.1) is 0 Å². The fourth-order valence-corrected chi connectivity index (χ4v) is 6.96. The number of halogens is 1. The summed E-state index contributed by atoms with van der Waals surface area (Å²) < 4.78 is 4.92. The maximum absolute atomic E-state index is 11.0. The predicted octanol–water partition coefficient (Wildman–Crippen LogP) is 2.50. The molecular weight excluding hydrogens is 484 g/mol. The zero-order valence-corrected chi connectivity index (χ0v) is 23.2. The van der Waals surface area contributed by atoms with Crippen LogP contribution < -0.4 is 12.4 Å². The Morgan fingerprint density at radius 3 is 1.47 bits per heavy atom. The first kappa shape index (κ1) is 26.8. The Morgan fingerprint density at radius 1 is 0.735 bits per heavy atom. The molecule has 2 fully saturated rings. The molecule has 0 bridgehead atoms. The van der Waals surface area contributed by atoms with Crippen molar-refractivity contribution in [3.8, 4) is 11.5 Å². The number of phenolic OH excluding ortho intramolecular Hbond substituents is 2. The van der Waals surface area contributed by atoms with Gasteiger partial charge in [-0.25, -0.2) is 0 Å². The van der Waals surface area contributed by atoms with Crippen LogP contribution in [0.3, 0.4) is 0 Å². The molecule has 2 aliphatic rings. The van der Waals surface area contributed by atoms with Gasteiger partial charge in [0.15, 0.2) is 0 Å². The van der Waals surface area contributed by atoms with Crippen molar-refractivity contribution in [1.29, 1.82) is 0 Å². The Bertz CT molecular complexity index is 1020. The third kappa shape index (κ3) is 5.38. The molecule has 4 rings (SSSR count). The van der Waals surface area contributed by atoms with Crippen LogP contribution in [-0.4, -0.2) is 41.8 Å². The second-order valence-corrected chi connectivity index (χ2v) is 13.0. The second kappa shape index (κ2) is 10.1. The van der Waals surface area contributed by atoms with Gasteiger partial charge in [0.1, 0.15) is 0 Å². The molecule has 0 radical (unpaired) electrons. The summed E-state index contributed by atoms with van der Waals surface area (Å²) in [5, 5.41) is 22.0. The average molecular weight is 522 g/mol. The molecular formula is C28H38ClCrN2O2+. The van der Waals surface area contributed by atoms with E-state index in [1.807, 2.05) is 36.4 Å². The van der Waals surface area contributed by atoms with Crippen LogP contribution in [0.2, 0.25) is 0 Å². The number of hydrogen-bond acceptors (Lipinski definition) is 2. The summed E-state index contributed by atoms with van der Waals surface area (Å²) in [5.74, 6) is 0.789. The van der Waals surface area contributed by atoms with E-state index in [0.717, 1.165) is 22.3 Å². The van der Waals surface area contributed by atoms with E-state index in [1.165, 1.54) is 25.7 Å². The van der Waals surface area contributed by atoms with Gasteiger partial charge in [0.25, 0.3) is 0 Å². The van der Waals surface area contributed by atoms with Crippen molar-refractivity contribution in [2.24, 2.45) is 0 Å². The Morgan fingerprint density at radius 2 is 1.12 bits per heavy atom. The number of benzene rings is 2. The van der Waals surface area contributed by atoms with Gasteiger partial charge < -0.3 is 12.4 Å². The minimum absolute atomic E-state index is 0. The summed E-state index contributed by atoms with van der Waals surface area (Å²) in [6, 6.07) is 13.1. The first-order valence-corrected chi connectivity index (χ1v) is 13.2. The second-order valence-electron chi connectivity index (χ2n) is 11.5. The number of aromatic hydroxyl groups is 2. The number of nitrogens with zero attached hydrogens (tertiary/aromatic N) is 2. The molecule has 0 unspecified atom stereocenters.